The van der Waals surface area contributed by atoms with Crippen molar-refractivity contribution in [3.63, 3.8) is 0 Å². The molecular weight excluding hydrogens is 126 g/mol. The van der Waals surface area contributed by atoms with Gasteiger partial charge in [0, 0.05) is 12.6 Å². The van der Waals surface area contributed by atoms with Crippen LogP contribution in [0.15, 0.2) is 0 Å². The van der Waals surface area contributed by atoms with Crippen LogP contribution in [-0.4, -0.2) is 23.8 Å². The van der Waals surface area contributed by atoms with Crippen LogP contribution in [0.2, 0.25) is 0 Å². The second-order valence-electron chi connectivity index (χ2n) is 3.08. The molecule has 1 aliphatic rings. The molecule has 1 fully saturated rings. The summed E-state index contributed by atoms with van der Waals surface area (Å²) < 4.78 is 0. The topological polar surface area (TPSA) is 42.2 Å². The first kappa shape index (κ1) is 8.02. The lowest BCUT2D eigenvalue weighted by Gasteiger charge is -2.05. The van der Waals surface area contributed by atoms with Gasteiger partial charge in [-0.25, -0.2) is 0 Å². The van der Waals surface area contributed by atoms with Gasteiger partial charge in [0.15, 0.2) is 0 Å². The van der Waals surface area contributed by atoms with Crippen LogP contribution in [0.3, 0.4) is 0 Å². The Morgan fingerprint density at radius 3 is 2.80 bits per heavy atom. The van der Waals surface area contributed by atoms with Gasteiger partial charge in [0.25, 0.3) is 0 Å². The first-order chi connectivity index (χ1) is 4.84. The van der Waals surface area contributed by atoms with Gasteiger partial charge in [-0.15, -0.1) is 0 Å². The van der Waals surface area contributed by atoms with Gasteiger partial charge in [-0.3, -0.25) is 0 Å². The van der Waals surface area contributed by atoms with Crippen LogP contribution in [0.1, 0.15) is 32.6 Å². The molecule has 1 saturated heterocycles. The van der Waals surface area contributed by atoms with Crippen LogP contribution in [0, 0.1) is 0 Å². The Morgan fingerprint density at radius 1 is 1.60 bits per heavy atom. The van der Waals surface area contributed by atoms with E-state index in [9.17, 15) is 5.11 Å². The quantitative estimate of drug-likeness (QED) is 0.443. The van der Waals surface area contributed by atoms with Crippen LogP contribution < -0.4 is 5.32 Å². The number of hydrogen-bond acceptors (Lipinski definition) is 2. The third-order valence-electron chi connectivity index (χ3n) is 2.01. The summed E-state index contributed by atoms with van der Waals surface area (Å²) in [6, 6.07) is 0.428. The summed E-state index contributed by atoms with van der Waals surface area (Å²) >= 11 is 0. The minimum atomic E-state index is -0.0773. The van der Waals surface area contributed by atoms with E-state index in [0.29, 0.717) is 6.04 Å². The van der Waals surface area contributed by atoms with Crippen molar-refractivity contribution in [3.05, 3.63) is 0 Å². The number of aliphatic hydroxyl groups excluding tert-OH is 1. The predicted octanol–water partition coefficient (Wildman–Crippen LogP) is 0.899. The van der Waals surface area contributed by atoms with Gasteiger partial charge in [-0.05, 0) is 6.42 Å². The van der Waals surface area contributed by atoms with Crippen LogP contribution in [0.25, 0.3) is 0 Å². The summed E-state index contributed by atoms with van der Waals surface area (Å²) in [4.78, 5) is 0. The SMILES string of the molecule is CCCCCC(O)C1CN1. The summed E-state index contributed by atoms with van der Waals surface area (Å²) in [7, 11) is 0. The van der Waals surface area contributed by atoms with E-state index in [0.717, 1.165) is 13.0 Å². The second kappa shape index (κ2) is 3.94. The van der Waals surface area contributed by atoms with Gasteiger partial charge < -0.3 is 10.4 Å². The van der Waals surface area contributed by atoms with Gasteiger partial charge in [0.2, 0.25) is 0 Å². The summed E-state index contributed by atoms with van der Waals surface area (Å²) in [5.74, 6) is 0. The number of rotatable bonds is 5. The fourth-order valence-corrected chi connectivity index (χ4v) is 1.14. The van der Waals surface area contributed by atoms with Crippen molar-refractivity contribution in [2.75, 3.05) is 6.54 Å². The van der Waals surface area contributed by atoms with Gasteiger partial charge in [0.05, 0.1) is 6.10 Å². The average molecular weight is 143 g/mol. The van der Waals surface area contributed by atoms with Crippen molar-refractivity contribution in [2.45, 2.75) is 44.8 Å². The molecule has 0 amide bonds. The van der Waals surface area contributed by atoms with E-state index in [1.165, 1.54) is 19.3 Å². The average Bonchev–Trinajstić information content (AvgIpc) is 2.69. The van der Waals surface area contributed by atoms with Crippen molar-refractivity contribution in [2.24, 2.45) is 0 Å². The van der Waals surface area contributed by atoms with Gasteiger partial charge >= 0.3 is 0 Å². The maximum atomic E-state index is 9.35. The van der Waals surface area contributed by atoms with E-state index >= 15 is 0 Å². The molecule has 2 N–H and O–H groups in total. The Bertz CT molecular complexity index is 91.3. The standard InChI is InChI=1S/C8H17NO/c1-2-3-4-5-8(10)7-6-9-7/h7-10H,2-6H2,1H3. The molecule has 2 atom stereocenters. The van der Waals surface area contributed by atoms with Crippen LogP contribution in [0.4, 0.5) is 0 Å². The highest BCUT2D eigenvalue weighted by Gasteiger charge is 2.27. The van der Waals surface area contributed by atoms with Crippen molar-refractivity contribution in [1.29, 1.82) is 0 Å². The summed E-state index contributed by atoms with van der Waals surface area (Å²) in [6.07, 6.45) is 4.57. The van der Waals surface area contributed by atoms with Crippen LogP contribution >= 0.6 is 0 Å². The molecular formula is C8H17NO. The Morgan fingerprint density at radius 2 is 2.30 bits per heavy atom. The molecule has 10 heavy (non-hydrogen) atoms. The molecule has 2 unspecified atom stereocenters. The summed E-state index contributed by atoms with van der Waals surface area (Å²) in [5, 5.41) is 12.5. The lowest BCUT2D eigenvalue weighted by molar-refractivity contribution is 0.159. The molecule has 0 spiro atoms. The highest BCUT2D eigenvalue weighted by molar-refractivity contribution is 4.89. The van der Waals surface area contributed by atoms with Crippen molar-refractivity contribution in [3.8, 4) is 0 Å². The monoisotopic (exact) mass is 143 g/mol. The molecule has 0 aromatic heterocycles. The normalized spacial score (nSPS) is 26.4. The molecule has 2 heteroatoms. The molecule has 2 nitrogen and oxygen atoms in total. The number of aliphatic hydroxyl groups is 1. The van der Waals surface area contributed by atoms with E-state index in [1.807, 2.05) is 0 Å². The fourth-order valence-electron chi connectivity index (χ4n) is 1.14. The summed E-state index contributed by atoms with van der Waals surface area (Å²) in [6.45, 7) is 3.20. The Kier molecular flexibility index (Phi) is 3.16. The van der Waals surface area contributed by atoms with Crippen LogP contribution in [0.5, 0.6) is 0 Å². The smallest absolute Gasteiger partial charge is 0.0705 e. The molecule has 1 aliphatic heterocycles. The van der Waals surface area contributed by atoms with Crippen LogP contribution in [-0.2, 0) is 0 Å². The van der Waals surface area contributed by atoms with Gasteiger partial charge in [-0.2, -0.15) is 0 Å². The highest BCUT2D eigenvalue weighted by atomic mass is 16.3. The summed E-state index contributed by atoms with van der Waals surface area (Å²) in [5.41, 5.74) is 0. The molecule has 1 rings (SSSR count). The minimum absolute atomic E-state index is 0.0773. The van der Waals surface area contributed by atoms with E-state index < -0.39 is 0 Å². The molecule has 0 aromatic carbocycles. The molecule has 0 aliphatic carbocycles. The third-order valence-corrected chi connectivity index (χ3v) is 2.01. The number of unbranched alkanes of at least 4 members (excludes halogenated alkanes) is 2. The first-order valence-electron chi connectivity index (χ1n) is 4.26. The Labute approximate surface area is 62.6 Å². The molecule has 1 heterocycles. The van der Waals surface area contributed by atoms with E-state index in [-0.39, 0.29) is 6.10 Å². The zero-order chi connectivity index (χ0) is 7.40. The zero-order valence-electron chi connectivity index (χ0n) is 6.64. The largest absolute Gasteiger partial charge is 0.391 e. The lowest BCUT2D eigenvalue weighted by atomic mass is 10.1. The highest BCUT2D eigenvalue weighted by Crippen LogP contribution is 2.11. The Hall–Kier alpha value is -0.0800. The maximum absolute atomic E-state index is 9.35. The molecule has 0 radical (unpaired) electrons. The molecule has 0 saturated carbocycles. The second-order valence-corrected chi connectivity index (χ2v) is 3.08. The lowest BCUT2D eigenvalue weighted by Crippen LogP contribution is -2.16. The van der Waals surface area contributed by atoms with Gasteiger partial charge in [0.1, 0.15) is 0 Å². The van der Waals surface area contributed by atoms with Crippen molar-refractivity contribution < 1.29 is 5.11 Å². The van der Waals surface area contributed by atoms with Gasteiger partial charge in [-0.1, -0.05) is 26.2 Å². The predicted molar refractivity (Wildman–Crippen MR) is 41.9 cm³/mol. The van der Waals surface area contributed by atoms with E-state index in [1.54, 1.807) is 0 Å². The molecule has 60 valence electrons. The van der Waals surface area contributed by atoms with E-state index in [2.05, 4.69) is 12.2 Å². The number of hydrogen-bond donors (Lipinski definition) is 2. The fraction of sp³-hybridized carbons (Fsp3) is 1.00. The zero-order valence-corrected chi connectivity index (χ0v) is 6.64. The first-order valence-corrected chi connectivity index (χ1v) is 4.26. The molecule has 0 aromatic rings. The third kappa shape index (κ3) is 2.67. The van der Waals surface area contributed by atoms with Crippen molar-refractivity contribution >= 4 is 0 Å². The minimum Gasteiger partial charge on any atom is -0.391 e. The maximum Gasteiger partial charge on any atom is 0.0705 e. The number of nitrogens with one attached hydrogen (secondary N) is 1. The molecule has 0 bridgehead atoms. The Balaban J connectivity index is 1.90. The van der Waals surface area contributed by atoms with E-state index in [4.69, 9.17) is 0 Å². The van der Waals surface area contributed by atoms with Crippen molar-refractivity contribution in [1.82, 2.24) is 5.32 Å².